The number of hydrogen-bond donors (Lipinski definition) is 0. The Kier molecular flexibility index (Phi) is 5.11. The summed E-state index contributed by atoms with van der Waals surface area (Å²) >= 11 is 3.05. The number of aromatic nitrogens is 2. The third-order valence-corrected chi connectivity index (χ3v) is 6.27. The molecule has 4 aromatic rings. The summed E-state index contributed by atoms with van der Waals surface area (Å²) in [4.78, 5) is 32.4. The molecule has 3 heterocycles. The molecule has 0 saturated heterocycles. The highest BCUT2D eigenvalue weighted by Crippen LogP contribution is 2.30. The topological polar surface area (TPSA) is 55.2 Å². The summed E-state index contributed by atoms with van der Waals surface area (Å²) in [6, 6.07) is 10.1. The lowest BCUT2D eigenvalue weighted by atomic mass is 10.1. The lowest BCUT2D eigenvalue weighted by molar-refractivity contribution is -0.131. The van der Waals surface area contributed by atoms with Crippen molar-refractivity contribution in [2.45, 2.75) is 20.0 Å². The van der Waals surface area contributed by atoms with E-state index in [1.54, 1.807) is 23.3 Å². The van der Waals surface area contributed by atoms with Crippen LogP contribution in [0.15, 0.2) is 57.6 Å². The van der Waals surface area contributed by atoms with Gasteiger partial charge in [0.05, 0.1) is 11.7 Å². The Labute approximate surface area is 170 Å². The first-order valence-electron chi connectivity index (χ1n) is 8.81. The number of thiophene rings is 2. The summed E-state index contributed by atoms with van der Waals surface area (Å²) in [6.45, 7) is 2.54. The zero-order valence-electron chi connectivity index (χ0n) is 15.6. The van der Waals surface area contributed by atoms with Crippen molar-refractivity contribution < 1.29 is 4.79 Å². The average molecular weight is 410 g/mol. The van der Waals surface area contributed by atoms with Gasteiger partial charge in [-0.1, -0.05) is 29.8 Å². The molecule has 7 heteroatoms. The SMILES string of the molecule is Cc1ccc(-c2csc3ncn(CC(=O)N(C)Cc4ccsc4)c(=O)c23)cc1. The van der Waals surface area contributed by atoms with Crippen LogP contribution in [0.4, 0.5) is 0 Å². The van der Waals surface area contributed by atoms with Crippen LogP contribution >= 0.6 is 22.7 Å². The quantitative estimate of drug-likeness (QED) is 0.497. The number of carbonyl (C=O) groups excluding carboxylic acids is 1. The van der Waals surface area contributed by atoms with Crippen LogP contribution in [0.3, 0.4) is 0 Å². The molecule has 3 aromatic heterocycles. The number of likely N-dealkylation sites (N-methyl/N-ethyl adjacent to an activating group) is 1. The maximum atomic E-state index is 13.1. The molecule has 0 aliphatic rings. The maximum absolute atomic E-state index is 13.1. The fraction of sp³-hybridized carbons (Fsp3) is 0.190. The summed E-state index contributed by atoms with van der Waals surface area (Å²) in [5, 5.41) is 6.53. The Morgan fingerprint density at radius 3 is 2.68 bits per heavy atom. The fourth-order valence-electron chi connectivity index (χ4n) is 3.04. The molecule has 1 amide bonds. The van der Waals surface area contributed by atoms with Crippen molar-refractivity contribution in [2.75, 3.05) is 7.05 Å². The fourth-order valence-corrected chi connectivity index (χ4v) is 4.60. The van der Waals surface area contributed by atoms with Gasteiger partial charge in [-0.25, -0.2) is 4.98 Å². The molecule has 0 radical (unpaired) electrons. The largest absolute Gasteiger partial charge is 0.340 e. The first-order chi connectivity index (χ1) is 13.5. The molecule has 0 atom stereocenters. The van der Waals surface area contributed by atoms with E-state index >= 15 is 0 Å². The van der Waals surface area contributed by atoms with Crippen LogP contribution < -0.4 is 5.56 Å². The second-order valence-corrected chi connectivity index (χ2v) is 8.39. The number of aryl methyl sites for hydroxylation is 1. The van der Waals surface area contributed by atoms with E-state index in [1.165, 1.54) is 22.2 Å². The highest BCUT2D eigenvalue weighted by atomic mass is 32.1. The van der Waals surface area contributed by atoms with Crippen LogP contribution in [0.2, 0.25) is 0 Å². The summed E-state index contributed by atoms with van der Waals surface area (Å²) in [5.74, 6) is -0.124. The van der Waals surface area contributed by atoms with Gasteiger partial charge in [0.15, 0.2) is 0 Å². The number of fused-ring (bicyclic) bond motifs is 1. The molecular formula is C21H19N3O2S2. The highest BCUT2D eigenvalue weighted by Gasteiger charge is 2.16. The van der Waals surface area contributed by atoms with Gasteiger partial charge < -0.3 is 4.90 Å². The predicted molar refractivity (Wildman–Crippen MR) is 115 cm³/mol. The molecule has 0 aliphatic carbocycles. The molecule has 4 rings (SSSR count). The monoisotopic (exact) mass is 409 g/mol. The Bertz CT molecular complexity index is 1170. The Morgan fingerprint density at radius 2 is 1.96 bits per heavy atom. The van der Waals surface area contributed by atoms with E-state index in [0.717, 1.165) is 22.3 Å². The molecular weight excluding hydrogens is 390 g/mol. The zero-order valence-corrected chi connectivity index (χ0v) is 17.2. The minimum Gasteiger partial charge on any atom is -0.340 e. The number of hydrogen-bond acceptors (Lipinski definition) is 5. The molecule has 0 aliphatic heterocycles. The number of nitrogens with zero attached hydrogens (tertiary/aromatic N) is 3. The number of carbonyl (C=O) groups is 1. The van der Waals surface area contributed by atoms with Crippen LogP contribution in [-0.4, -0.2) is 27.4 Å². The van der Waals surface area contributed by atoms with Crippen molar-refractivity contribution in [1.82, 2.24) is 14.5 Å². The summed E-state index contributed by atoms with van der Waals surface area (Å²) in [6.07, 6.45) is 1.47. The van der Waals surface area contributed by atoms with Gasteiger partial charge in [0, 0.05) is 24.5 Å². The van der Waals surface area contributed by atoms with Crippen molar-refractivity contribution in [3.8, 4) is 11.1 Å². The highest BCUT2D eigenvalue weighted by molar-refractivity contribution is 7.17. The molecule has 0 N–H and O–H groups in total. The maximum Gasteiger partial charge on any atom is 0.263 e. The van der Waals surface area contributed by atoms with Crippen LogP contribution in [0.1, 0.15) is 11.1 Å². The molecule has 142 valence electrons. The van der Waals surface area contributed by atoms with Gasteiger partial charge in [-0.3, -0.25) is 14.2 Å². The summed E-state index contributed by atoms with van der Waals surface area (Å²) in [5.41, 5.74) is 3.92. The molecule has 0 bridgehead atoms. The van der Waals surface area contributed by atoms with Crippen LogP contribution in [-0.2, 0) is 17.9 Å². The number of rotatable bonds is 5. The second-order valence-electron chi connectivity index (χ2n) is 6.75. The van der Waals surface area contributed by atoms with Gasteiger partial charge in [0.25, 0.3) is 5.56 Å². The predicted octanol–water partition coefficient (Wildman–Crippen LogP) is 4.15. The molecule has 28 heavy (non-hydrogen) atoms. The first-order valence-corrected chi connectivity index (χ1v) is 10.6. The summed E-state index contributed by atoms with van der Waals surface area (Å²) in [7, 11) is 1.75. The summed E-state index contributed by atoms with van der Waals surface area (Å²) < 4.78 is 1.40. The molecule has 0 spiro atoms. The molecule has 0 saturated carbocycles. The second kappa shape index (κ2) is 7.69. The van der Waals surface area contributed by atoms with E-state index in [2.05, 4.69) is 4.98 Å². The van der Waals surface area contributed by atoms with Gasteiger partial charge >= 0.3 is 0 Å². The van der Waals surface area contributed by atoms with Crippen LogP contribution in [0.5, 0.6) is 0 Å². The lowest BCUT2D eigenvalue weighted by Crippen LogP contribution is -2.33. The van der Waals surface area contributed by atoms with Crippen LogP contribution in [0, 0.1) is 6.92 Å². The van der Waals surface area contributed by atoms with Crippen molar-refractivity contribution in [2.24, 2.45) is 0 Å². The smallest absolute Gasteiger partial charge is 0.263 e. The third-order valence-electron chi connectivity index (χ3n) is 4.65. The van der Waals surface area contributed by atoms with Crippen molar-refractivity contribution in [3.05, 3.63) is 74.3 Å². The van der Waals surface area contributed by atoms with Gasteiger partial charge in [0.2, 0.25) is 5.91 Å². The van der Waals surface area contributed by atoms with E-state index in [-0.39, 0.29) is 18.0 Å². The van der Waals surface area contributed by atoms with Gasteiger partial charge in [0.1, 0.15) is 11.4 Å². The molecule has 0 fully saturated rings. The Morgan fingerprint density at radius 1 is 1.18 bits per heavy atom. The number of amides is 1. The standard InChI is InChI=1S/C21H19N3O2S2/c1-14-3-5-16(6-4-14)17-12-28-20-19(17)21(26)24(13-22-20)10-18(25)23(2)9-15-7-8-27-11-15/h3-8,11-13H,9-10H2,1-2H3. The van der Waals surface area contributed by atoms with Gasteiger partial charge in [-0.2, -0.15) is 11.3 Å². The van der Waals surface area contributed by atoms with Crippen molar-refractivity contribution in [1.29, 1.82) is 0 Å². The van der Waals surface area contributed by atoms with E-state index < -0.39 is 0 Å². The normalized spacial score (nSPS) is 11.1. The lowest BCUT2D eigenvalue weighted by Gasteiger charge is -2.17. The molecule has 1 aromatic carbocycles. The van der Waals surface area contributed by atoms with Crippen LogP contribution in [0.25, 0.3) is 21.3 Å². The Balaban J connectivity index is 1.64. The van der Waals surface area contributed by atoms with Gasteiger partial charge in [-0.05, 0) is 34.9 Å². The Hall–Kier alpha value is -2.77. The minimum absolute atomic E-state index is 0.0222. The van der Waals surface area contributed by atoms with Crippen molar-refractivity contribution in [3.63, 3.8) is 0 Å². The first kappa shape index (κ1) is 18.6. The van der Waals surface area contributed by atoms with E-state index in [4.69, 9.17) is 0 Å². The molecule has 0 unspecified atom stereocenters. The minimum atomic E-state index is -0.181. The average Bonchev–Trinajstić information content (AvgIpc) is 3.34. The number of benzene rings is 1. The van der Waals surface area contributed by atoms with E-state index in [1.807, 2.05) is 53.4 Å². The molecule has 5 nitrogen and oxygen atoms in total. The van der Waals surface area contributed by atoms with Gasteiger partial charge in [-0.15, -0.1) is 11.3 Å². The zero-order chi connectivity index (χ0) is 19.7. The van der Waals surface area contributed by atoms with E-state index in [0.29, 0.717) is 16.8 Å². The van der Waals surface area contributed by atoms with Crippen molar-refractivity contribution >= 4 is 38.8 Å². The third kappa shape index (κ3) is 3.63. The van der Waals surface area contributed by atoms with E-state index in [9.17, 15) is 9.59 Å².